The van der Waals surface area contributed by atoms with Crippen molar-refractivity contribution in [3.05, 3.63) is 0 Å². The van der Waals surface area contributed by atoms with Crippen LogP contribution in [0.3, 0.4) is 0 Å². The van der Waals surface area contributed by atoms with Crippen molar-refractivity contribution in [2.24, 2.45) is 11.7 Å². The second-order valence-corrected chi connectivity index (χ2v) is 4.67. The molecular weight excluding hydrogens is 196 g/mol. The molecule has 0 spiro atoms. The molecule has 0 aromatic heterocycles. The fourth-order valence-corrected chi connectivity index (χ4v) is 2.03. The van der Waals surface area contributed by atoms with Gasteiger partial charge in [0.15, 0.2) is 0 Å². The molecule has 5 nitrogen and oxygen atoms in total. The van der Waals surface area contributed by atoms with Gasteiger partial charge in [-0.2, -0.15) is 0 Å². The molecular formula is C10H16N2O3. The summed E-state index contributed by atoms with van der Waals surface area (Å²) < 4.78 is 0. The Bertz CT molecular complexity index is 299. The van der Waals surface area contributed by atoms with E-state index in [-0.39, 0.29) is 17.9 Å². The van der Waals surface area contributed by atoms with Crippen LogP contribution >= 0.6 is 0 Å². The minimum atomic E-state index is -0.763. The fourth-order valence-electron chi connectivity index (χ4n) is 2.03. The van der Waals surface area contributed by atoms with Gasteiger partial charge in [-0.05, 0) is 32.1 Å². The zero-order valence-electron chi connectivity index (χ0n) is 8.53. The lowest BCUT2D eigenvalue weighted by Gasteiger charge is -2.15. The number of carbonyl (C=O) groups is 2. The summed E-state index contributed by atoms with van der Waals surface area (Å²) in [4.78, 5) is 22.3. The van der Waals surface area contributed by atoms with Gasteiger partial charge in [-0.3, -0.25) is 9.59 Å². The molecule has 84 valence electrons. The van der Waals surface area contributed by atoms with Crippen LogP contribution in [0.15, 0.2) is 0 Å². The number of aliphatic carboxylic acids is 1. The number of carbonyl (C=O) groups excluding carboxylic acids is 1. The first kappa shape index (κ1) is 10.4. The standard InChI is InChI=1S/C10H16N2O3/c11-10(3-4-10)9(15)12-7-2-1-6(5-7)8(13)14/h6-7H,1-5,11H2,(H,12,15)(H,13,14)/t6-,7+/m1/s1. The Kier molecular flexibility index (Phi) is 2.42. The highest BCUT2D eigenvalue weighted by atomic mass is 16.4. The zero-order valence-corrected chi connectivity index (χ0v) is 8.53. The summed E-state index contributed by atoms with van der Waals surface area (Å²) in [5.41, 5.74) is 5.08. The molecule has 0 heterocycles. The molecule has 5 heteroatoms. The van der Waals surface area contributed by atoms with Gasteiger partial charge in [0, 0.05) is 6.04 Å². The summed E-state index contributed by atoms with van der Waals surface area (Å²) in [5, 5.41) is 11.6. The smallest absolute Gasteiger partial charge is 0.306 e. The molecule has 0 bridgehead atoms. The molecule has 2 saturated carbocycles. The maximum Gasteiger partial charge on any atom is 0.306 e. The van der Waals surface area contributed by atoms with E-state index in [2.05, 4.69) is 5.32 Å². The fraction of sp³-hybridized carbons (Fsp3) is 0.800. The van der Waals surface area contributed by atoms with Gasteiger partial charge in [0.1, 0.15) is 0 Å². The average molecular weight is 212 g/mol. The topological polar surface area (TPSA) is 92.4 Å². The number of hydrogen-bond acceptors (Lipinski definition) is 3. The Morgan fingerprint density at radius 3 is 2.47 bits per heavy atom. The molecule has 0 aromatic rings. The summed E-state index contributed by atoms with van der Waals surface area (Å²) in [5.74, 6) is -1.18. The van der Waals surface area contributed by atoms with Gasteiger partial charge in [0.05, 0.1) is 11.5 Å². The molecule has 0 saturated heterocycles. The predicted octanol–water partition coefficient (Wildman–Crippen LogP) is -0.153. The van der Waals surface area contributed by atoms with Crippen molar-refractivity contribution >= 4 is 11.9 Å². The van der Waals surface area contributed by atoms with E-state index in [0.717, 1.165) is 19.3 Å². The van der Waals surface area contributed by atoms with Gasteiger partial charge >= 0.3 is 5.97 Å². The summed E-state index contributed by atoms with van der Waals surface area (Å²) in [6.07, 6.45) is 3.43. The molecule has 1 amide bonds. The first-order valence-corrected chi connectivity index (χ1v) is 5.34. The number of rotatable bonds is 3. The van der Waals surface area contributed by atoms with Crippen LogP contribution in [0.1, 0.15) is 32.1 Å². The van der Waals surface area contributed by atoms with Gasteiger partial charge in [0.25, 0.3) is 0 Å². The monoisotopic (exact) mass is 212 g/mol. The van der Waals surface area contributed by atoms with E-state index in [0.29, 0.717) is 12.8 Å². The third-order valence-electron chi connectivity index (χ3n) is 3.36. The normalized spacial score (nSPS) is 32.3. The van der Waals surface area contributed by atoms with E-state index in [4.69, 9.17) is 10.8 Å². The largest absolute Gasteiger partial charge is 0.481 e. The third kappa shape index (κ3) is 2.12. The van der Waals surface area contributed by atoms with Crippen molar-refractivity contribution in [3.8, 4) is 0 Å². The predicted molar refractivity (Wildman–Crippen MR) is 53.1 cm³/mol. The van der Waals surface area contributed by atoms with Crippen LogP contribution in [0.25, 0.3) is 0 Å². The summed E-state index contributed by atoms with van der Waals surface area (Å²) >= 11 is 0. The molecule has 0 aliphatic heterocycles. The van der Waals surface area contributed by atoms with Crippen molar-refractivity contribution in [1.82, 2.24) is 5.32 Å². The van der Waals surface area contributed by atoms with Crippen LogP contribution in [0.2, 0.25) is 0 Å². The number of carboxylic acid groups (broad SMARTS) is 1. The lowest BCUT2D eigenvalue weighted by atomic mass is 10.1. The van der Waals surface area contributed by atoms with Crippen LogP contribution in [-0.4, -0.2) is 28.6 Å². The van der Waals surface area contributed by atoms with Gasteiger partial charge in [-0.25, -0.2) is 0 Å². The van der Waals surface area contributed by atoms with E-state index in [1.165, 1.54) is 0 Å². The number of carboxylic acids is 1. The van der Waals surface area contributed by atoms with Crippen molar-refractivity contribution < 1.29 is 14.7 Å². The highest BCUT2D eigenvalue weighted by Gasteiger charge is 2.47. The summed E-state index contributed by atoms with van der Waals surface area (Å²) in [6.45, 7) is 0. The number of hydrogen-bond donors (Lipinski definition) is 3. The van der Waals surface area contributed by atoms with Gasteiger partial charge < -0.3 is 16.2 Å². The quantitative estimate of drug-likeness (QED) is 0.606. The highest BCUT2D eigenvalue weighted by Crippen LogP contribution is 2.33. The number of nitrogens with two attached hydrogens (primary N) is 1. The van der Waals surface area contributed by atoms with Crippen molar-refractivity contribution in [3.63, 3.8) is 0 Å². The van der Waals surface area contributed by atoms with E-state index >= 15 is 0 Å². The van der Waals surface area contributed by atoms with Crippen LogP contribution in [0.5, 0.6) is 0 Å². The SMILES string of the molecule is NC1(C(=O)N[C@H]2CC[C@@H](C(=O)O)C2)CC1. The summed E-state index contributed by atoms with van der Waals surface area (Å²) in [7, 11) is 0. The third-order valence-corrected chi connectivity index (χ3v) is 3.36. The Labute approximate surface area is 88.0 Å². The van der Waals surface area contributed by atoms with Crippen LogP contribution < -0.4 is 11.1 Å². The zero-order chi connectivity index (χ0) is 11.1. The minimum absolute atomic E-state index is 0.000347. The van der Waals surface area contributed by atoms with E-state index in [1.807, 2.05) is 0 Å². The summed E-state index contributed by atoms with van der Waals surface area (Å²) in [6, 6.07) is -0.000347. The van der Waals surface area contributed by atoms with Gasteiger partial charge in [-0.15, -0.1) is 0 Å². The molecule has 4 N–H and O–H groups in total. The molecule has 0 unspecified atom stereocenters. The first-order valence-electron chi connectivity index (χ1n) is 5.34. The van der Waals surface area contributed by atoms with Crippen LogP contribution in [0.4, 0.5) is 0 Å². The molecule has 2 rings (SSSR count). The van der Waals surface area contributed by atoms with E-state index in [1.54, 1.807) is 0 Å². The Morgan fingerprint density at radius 2 is 2.00 bits per heavy atom. The van der Waals surface area contributed by atoms with Gasteiger partial charge in [-0.1, -0.05) is 0 Å². The lowest BCUT2D eigenvalue weighted by molar-refractivity contribution is -0.141. The first-order chi connectivity index (χ1) is 7.01. The second kappa shape index (κ2) is 3.48. The molecule has 2 fully saturated rings. The molecule has 15 heavy (non-hydrogen) atoms. The minimum Gasteiger partial charge on any atom is -0.481 e. The molecule has 2 aliphatic carbocycles. The Hall–Kier alpha value is -1.10. The highest BCUT2D eigenvalue weighted by molar-refractivity contribution is 5.89. The average Bonchev–Trinajstić information content (AvgIpc) is 2.76. The number of amides is 1. The Morgan fingerprint density at radius 1 is 1.33 bits per heavy atom. The maximum atomic E-state index is 11.6. The van der Waals surface area contributed by atoms with Crippen LogP contribution in [-0.2, 0) is 9.59 Å². The van der Waals surface area contributed by atoms with Crippen molar-refractivity contribution in [2.45, 2.75) is 43.7 Å². The number of nitrogens with one attached hydrogen (secondary N) is 1. The van der Waals surface area contributed by atoms with Crippen LogP contribution in [0, 0.1) is 5.92 Å². The molecule has 2 atom stereocenters. The van der Waals surface area contributed by atoms with E-state index in [9.17, 15) is 9.59 Å². The second-order valence-electron chi connectivity index (χ2n) is 4.67. The van der Waals surface area contributed by atoms with E-state index < -0.39 is 11.5 Å². The van der Waals surface area contributed by atoms with Gasteiger partial charge in [0.2, 0.25) is 5.91 Å². The van der Waals surface area contributed by atoms with Crippen molar-refractivity contribution in [1.29, 1.82) is 0 Å². The Balaban J connectivity index is 1.82. The molecule has 0 radical (unpaired) electrons. The maximum absolute atomic E-state index is 11.6. The molecule has 0 aromatic carbocycles. The lowest BCUT2D eigenvalue weighted by Crippen LogP contribution is -2.46. The molecule has 2 aliphatic rings. The van der Waals surface area contributed by atoms with Crippen molar-refractivity contribution in [2.75, 3.05) is 0 Å².